The van der Waals surface area contributed by atoms with Gasteiger partial charge in [-0.3, -0.25) is 23.7 Å². The van der Waals surface area contributed by atoms with E-state index in [9.17, 15) is 19.2 Å². The van der Waals surface area contributed by atoms with Gasteiger partial charge in [0.05, 0.1) is 43.7 Å². The Balaban J connectivity index is 1.37. The second-order valence-corrected chi connectivity index (χ2v) is 12.7. The van der Waals surface area contributed by atoms with Gasteiger partial charge in [-0.25, -0.2) is 4.90 Å². The molecule has 8 nitrogen and oxygen atoms in total. The number of carbonyl (C=O) groups is 3. The number of nitrogens with one attached hydrogen (secondary N) is 1. The molecule has 4 heterocycles. The Morgan fingerprint density at radius 3 is 2.49 bits per heavy atom. The summed E-state index contributed by atoms with van der Waals surface area (Å²) in [7, 11) is 0. The van der Waals surface area contributed by atoms with Crippen molar-refractivity contribution in [3.63, 3.8) is 0 Å². The van der Waals surface area contributed by atoms with Crippen molar-refractivity contribution in [1.29, 1.82) is 0 Å². The van der Waals surface area contributed by atoms with E-state index in [0.29, 0.717) is 32.1 Å². The predicted octanol–water partition coefficient (Wildman–Crippen LogP) is 6.01. The zero-order chi connectivity index (χ0) is 27.4. The van der Waals surface area contributed by atoms with Gasteiger partial charge in [0, 0.05) is 10.2 Å². The first-order chi connectivity index (χ1) is 18.7. The molecule has 13 heteroatoms. The highest BCUT2D eigenvalue weighted by Gasteiger charge is 2.57. The third-order valence-electron chi connectivity index (χ3n) is 6.49. The smallest absolute Gasteiger partial charge is 0.308 e. The summed E-state index contributed by atoms with van der Waals surface area (Å²) in [5.74, 6) is -2.17. The molecule has 0 spiro atoms. The number of furan rings is 1. The van der Waals surface area contributed by atoms with Gasteiger partial charge in [-0.1, -0.05) is 62.2 Å². The van der Waals surface area contributed by atoms with Crippen molar-refractivity contribution in [3.05, 3.63) is 95.7 Å². The lowest BCUT2D eigenvalue weighted by Crippen LogP contribution is -2.32. The molecule has 2 aromatic heterocycles. The number of thiazole rings is 1. The molecular formula is C26H16BrCl2N3O5S2. The standard InChI is InChI=1S/C26H16BrCl2N3O5S2/c27-12-3-6-14(7-4-12)32-23(34)20-19(17-2-1-9-37-17)22-25(38-21(20)24(32)35)31(26(36)39-22)11-18(33)30-13-5-8-15(28)16(29)10-13/h1-10,19-21H,11H2,(H,30,33). The van der Waals surface area contributed by atoms with Crippen LogP contribution in [0.2, 0.25) is 10.0 Å². The molecule has 39 heavy (non-hydrogen) atoms. The number of benzene rings is 2. The van der Waals surface area contributed by atoms with Crippen molar-refractivity contribution in [2.75, 3.05) is 10.2 Å². The maximum atomic E-state index is 13.7. The number of nitrogens with zero attached hydrogens (tertiary/aromatic N) is 2. The summed E-state index contributed by atoms with van der Waals surface area (Å²) in [5, 5.41) is 3.01. The third-order valence-corrected chi connectivity index (χ3v) is 10.4. The highest BCUT2D eigenvalue weighted by Crippen LogP contribution is 2.54. The van der Waals surface area contributed by atoms with E-state index in [1.165, 1.54) is 21.8 Å². The van der Waals surface area contributed by atoms with Crippen molar-refractivity contribution >= 4 is 91.3 Å². The SMILES string of the molecule is O=C(Cn1c2c(sc1=O)C(c1ccco1)C1C(=O)N(c3ccc(Br)cc3)C(=O)C1S2)Nc1ccc(Cl)c(Cl)c1. The van der Waals surface area contributed by atoms with Gasteiger partial charge >= 0.3 is 4.87 Å². The summed E-state index contributed by atoms with van der Waals surface area (Å²) in [6.45, 7) is -0.293. The molecule has 0 radical (unpaired) electrons. The molecule has 0 aliphatic carbocycles. The summed E-state index contributed by atoms with van der Waals surface area (Å²) in [4.78, 5) is 54.9. The van der Waals surface area contributed by atoms with Crippen LogP contribution in [0.4, 0.5) is 11.4 Å². The van der Waals surface area contributed by atoms with Crippen molar-refractivity contribution in [2.45, 2.75) is 22.7 Å². The minimum atomic E-state index is -0.804. The van der Waals surface area contributed by atoms with Crippen LogP contribution in [0.25, 0.3) is 0 Å². The molecule has 4 aromatic rings. The number of amides is 3. The predicted molar refractivity (Wildman–Crippen MR) is 154 cm³/mol. The maximum Gasteiger partial charge on any atom is 0.308 e. The van der Waals surface area contributed by atoms with Gasteiger partial charge in [0.25, 0.3) is 0 Å². The monoisotopic (exact) mass is 663 g/mol. The number of hydrogen-bond acceptors (Lipinski definition) is 7. The van der Waals surface area contributed by atoms with Crippen LogP contribution in [0.1, 0.15) is 16.6 Å². The Hall–Kier alpha value is -2.83. The number of halogens is 3. The average Bonchev–Trinajstić information content (AvgIpc) is 3.60. The van der Waals surface area contributed by atoms with Gasteiger partial charge in [0.1, 0.15) is 17.6 Å². The van der Waals surface area contributed by atoms with Crippen LogP contribution in [-0.4, -0.2) is 27.5 Å². The van der Waals surface area contributed by atoms with Gasteiger partial charge in [0.15, 0.2) is 0 Å². The minimum Gasteiger partial charge on any atom is -0.469 e. The Kier molecular flexibility index (Phi) is 6.96. The lowest BCUT2D eigenvalue weighted by atomic mass is 9.87. The van der Waals surface area contributed by atoms with Gasteiger partial charge in [-0.15, -0.1) is 0 Å². The summed E-state index contributed by atoms with van der Waals surface area (Å²) < 4.78 is 7.86. The Morgan fingerprint density at radius 1 is 1.03 bits per heavy atom. The second-order valence-electron chi connectivity index (χ2n) is 8.85. The quantitative estimate of drug-likeness (QED) is 0.263. The van der Waals surface area contributed by atoms with Crippen molar-refractivity contribution < 1.29 is 18.8 Å². The van der Waals surface area contributed by atoms with E-state index in [0.717, 1.165) is 27.6 Å². The molecule has 0 bridgehead atoms. The first-order valence-electron chi connectivity index (χ1n) is 11.5. The van der Waals surface area contributed by atoms with E-state index in [2.05, 4.69) is 21.2 Å². The number of fused-ring (bicyclic) bond motifs is 2. The van der Waals surface area contributed by atoms with Gasteiger partial charge in [0.2, 0.25) is 17.7 Å². The number of imide groups is 1. The summed E-state index contributed by atoms with van der Waals surface area (Å²) >= 11 is 17.5. The highest BCUT2D eigenvalue weighted by atomic mass is 79.9. The van der Waals surface area contributed by atoms with E-state index < -0.39 is 23.0 Å². The van der Waals surface area contributed by atoms with Crippen LogP contribution in [0.5, 0.6) is 0 Å². The molecule has 3 atom stereocenters. The van der Waals surface area contributed by atoms with Crippen LogP contribution in [0.3, 0.4) is 0 Å². The molecule has 1 saturated heterocycles. The van der Waals surface area contributed by atoms with Crippen molar-refractivity contribution in [1.82, 2.24) is 4.57 Å². The van der Waals surface area contributed by atoms with E-state index in [4.69, 9.17) is 27.6 Å². The fraction of sp³-hybridized carbons (Fsp3) is 0.154. The lowest BCUT2D eigenvalue weighted by molar-refractivity contribution is -0.122. The summed E-state index contributed by atoms with van der Waals surface area (Å²) in [6, 6.07) is 15.0. The van der Waals surface area contributed by atoms with E-state index in [1.807, 2.05) is 0 Å². The first-order valence-corrected chi connectivity index (χ1v) is 14.8. The molecular weight excluding hydrogens is 649 g/mol. The zero-order valence-corrected chi connectivity index (χ0v) is 24.3. The van der Waals surface area contributed by atoms with Crippen LogP contribution >= 0.6 is 62.2 Å². The van der Waals surface area contributed by atoms with Crippen LogP contribution in [0, 0.1) is 5.92 Å². The second kappa shape index (κ2) is 10.3. The van der Waals surface area contributed by atoms with Crippen molar-refractivity contribution in [2.24, 2.45) is 5.92 Å². The van der Waals surface area contributed by atoms with Crippen LogP contribution in [-0.2, 0) is 20.9 Å². The molecule has 2 aliphatic rings. The molecule has 2 aliphatic heterocycles. The van der Waals surface area contributed by atoms with Crippen molar-refractivity contribution in [3.8, 4) is 0 Å². The highest BCUT2D eigenvalue weighted by molar-refractivity contribution is 9.10. The number of rotatable bonds is 5. The number of anilines is 2. The number of aromatic nitrogens is 1. The number of carbonyl (C=O) groups excluding carboxylic acids is 3. The maximum absolute atomic E-state index is 13.7. The molecule has 198 valence electrons. The third kappa shape index (κ3) is 4.66. The Labute approximate surface area is 248 Å². The van der Waals surface area contributed by atoms with Gasteiger partial charge in [-0.2, -0.15) is 0 Å². The largest absolute Gasteiger partial charge is 0.469 e. The molecule has 6 rings (SSSR count). The molecule has 3 unspecified atom stereocenters. The van der Waals surface area contributed by atoms with Crippen LogP contribution in [0.15, 0.2) is 79.6 Å². The van der Waals surface area contributed by atoms with E-state index >= 15 is 0 Å². The minimum absolute atomic E-state index is 0.280. The fourth-order valence-electron chi connectivity index (χ4n) is 4.79. The molecule has 3 amide bonds. The van der Waals surface area contributed by atoms with Crippen LogP contribution < -0.4 is 15.1 Å². The summed E-state index contributed by atoms with van der Waals surface area (Å²) in [6.07, 6.45) is 1.49. The molecule has 2 aromatic carbocycles. The molecule has 1 fully saturated rings. The number of hydrogen-bond donors (Lipinski definition) is 1. The summed E-state index contributed by atoms with van der Waals surface area (Å²) in [5.41, 5.74) is 0.887. The first kappa shape index (κ1) is 26.4. The van der Waals surface area contributed by atoms with E-state index in [-0.39, 0.29) is 28.3 Å². The topological polar surface area (TPSA) is 102 Å². The number of thioether (sulfide) groups is 1. The van der Waals surface area contributed by atoms with Gasteiger partial charge in [-0.05, 0) is 54.6 Å². The van der Waals surface area contributed by atoms with Gasteiger partial charge < -0.3 is 9.73 Å². The normalized spacial score (nSPS) is 20.2. The zero-order valence-electron chi connectivity index (χ0n) is 19.6. The van der Waals surface area contributed by atoms with E-state index in [1.54, 1.807) is 48.5 Å². The lowest BCUT2D eigenvalue weighted by Gasteiger charge is -2.29. The molecule has 0 saturated carbocycles. The molecule has 1 N–H and O–H groups in total. The fourth-order valence-corrected chi connectivity index (χ4v) is 8.11. The Morgan fingerprint density at radius 2 is 1.79 bits per heavy atom. The Bertz CT molecular complexity index is 1690. The average molecular weight is 665 g/mol.